The van der Waals surface area contributed by atoms with Gasteiger partial charge in [-0.3, -0.25) is 18.7 Å². The van der Waals surface area contributed by atoms with Crippen LogP contribution in [-0.4, -0.2) is 42.3 Å². The van der Waals surface area contributed by atoms with E-state index in [0.717, 1.165) is 35.8 Å². The molecule has 32 heavy (non-hydrogen) atoms. The van der Waals surface area contributed by atoms with Crippen molar-refractivity contribution >= 4 is 17.1 Å². The van der Waals surface area contributed by atoms with Gasteiger partial charge in [0.25, 0.3) is 5.56 Å². The Bertz CT molecular complexity index is 1310. The minimum atomic E-state index is -0.461. The lowest BCUT2D eigenvalue weighted by atomic mass is 10.1. The summed E-state index contributed by atoms with van der Waals surface area (Å²) >= 11 is 0. The van der Waals surface area contributed by atoms with Gasteiger partial charge >= 0.3 is 5.69 Å². The number of fused-ring (bicyclic) bond motifs is 2. The Morgan fingerprint density at radius 2 is 1.88 bits per heavy atom. The standard InChI is InChI=1S/C22H25N5O5/c1-24-20-19(21(29)25(2)22(24)30)26(12-23-20)11-18(28)27(15-5-3-4-6-15)10-14-7-8-16-17(9-14)32-13-31-16/h7-9,12,15H,3-6,10-11,13H2,1-2H3. The number of amides is 1. The van der Waals surface area contributed by atoms with Gasteiger partial charge in [0, 0.05) is 26.7 Å². The lowest BCUT2D eigenvalue weighted by Gasteiger charge is -2.29. The molecule has 1 aromatic carbocycles. The van der Waals surface area contributed by atoms with E-state index in [-0.39, 0.29) is 36.5 Å². The van der Waals surface area contributed by atoms with Gasteiger partial charge in [0.05, 0.1) is 6.33 Å². The van der Waals surface area contributed by atoms with Crippen LogP contribution in [0.3, 0.4) is 0 Å². The molecule has 168 valence electrons. The molecule has 0 atom stereocenters. The number of carbonyl (C=O) groups excluding carboxylic acids is 1. The van der Waals surface area contributed by atoms with Crippen LogP contribution in [0.1, 0.15) is 31.2 Å². The Labute approximate surface area is 183 Å². The van der Waals surface area contributed by atoms with Crippen LogP contribution in [-0.2, 0) is 32.0 Å². The fraction of sp³-hybridized carbons (Fsp3) is 0.455. The lowest BCUT2D eigenvalue weighted by molar-refractivity contribution is -0.134. The molecule has 2 aliphatic rings. The Morgan fingerprint density at radius 3 is 2.66 bits per heavy atom. The van der Waals surface area contributed by atoms with Crippen molar-refractivity contribution in [2.75, 3.05) is 6.79 Å². The van der Waals surface area contributed by atoms with Crippen LogP contribution in [0.25, 0.3) is 11.2 Å². The molecular formula is C22H25N5O5. The summed E-state index contributed by atoms with van der Waals surface area (Å²) in [7, 11) is 2.99. The molecule has 1 saturated carbocycles. The van der Waals surface area contributed by atoms with E-state index in [1.807, 2.05) is 23.1 Å². The molecule has 1 fully saturated rings. The minimum Gasteiger partial charge on any atom is -0.454 e. The molecule has 10 heteroatoms. The van der Waals surface area contributed by atoms with E-state index in [1.54, 1.807) is 11.6 Å². The third kappa shape index (κ3) is 3.35. The molecular weight excluding hydrogens is 414 g/mol. The zero-order valence-electron chi connectivity index (χ0n) is 18.1. The SMILES string of the molecule is Cn1c(=O)c2c(ncn2CC(=O)N(Cc2ccc3c(c2)OCO3)C2CCCC2)n(C)c1=O. The second-order valence-electron chi connectivity index (χ2n) is 8.40. The van der Waals surface area contributed by atoms with Gasteiger partial charge < -0.3 is 18.9 Å². The van der Waals surface area contributed by atoms with Crippen molar-refractivity contribution in [1.29, 1.82) is 0 Å². The fourth-order valence-electron chi connectivity index (χ4n) is 4.63. The number of hydrogen-bond donors (Lipinski definition) is 0. The first-order valence-corrected chi connectivity index (χ1v) is 10.7. The lowest BCUT2D eigenvalue weighted by Crippen LogP contribution is -2.41. The first-order chi connectivity index (χ1) is 15.4. The van der Waals surface area contributed by atoms with Gasteiger partial charge in [0.2, 0.25) is 12.7 Å². The van der Waals surface area contributed by atoms with E-state index in [0.29, 0.717) is 18.0 Å². The van der Waals surface area contributed by atoms with Crippen molar-refractivity contribution in [2.24, 2.45) is 14.1 Å². The summed E-state index contributed by atoms with van der Waals surface area (Å²) in [5.74, 6) is 1.30. The molecule has 1 aliphatic heterocycles. The molecule has 1 aliphatic carbocycles. The van der Waals surface area contributed by atoms with Crippen LogP contribution < -0.4 is 20.7 Å². The maximum Gasteiger partial charge on any atom is 0.332 e. The van der Waals surface area contributed by atoms with Gasteiger partial charge in [-0.05, 0) is 30.5 Å². The summed E-state index contributed by atoms with van der Waals surface area (Å²) < 4.78 is 14.8. The van der Waals surface area contributed by atoms with Crippen LogP contribution in [0, 0.1) is 0 Å². The van der Waals surface area contributed by atoms with E-state index in [1.165, 1.54) is 17.9 Å². The topological polar surface area (TPSA) is 101 Å². The van der Waals surface area contributed by atoms with Crippen LogP contribution in [0.2, 0.25) is 0 Å². The summed E-state index contributed by atoms with van der Waals surface area (Å²) in [6.45, 7) is 0.628. The number of nitrogens with zero attached hydrogens (tertiary/aromatic N) is 5. The number of aromatic nitrogens is 4. The zero-order chi connectivity index (χ0) is 22.4. The number of rotatable bonds is 5. The van der Waals surface area contributed by atoms with Crippen molar-refractivity contribution < 1.29 is 14.3 Å². The van der Waals surface area contributed by atoms with Crippen molar-refractivity contribution in [2.45, 2.75) is 44.8 Å². The predicted molar refractivity (Wildman–Crippen MR) is 116 cm³/mol. The van der Waals surface area contributed by atoms with Crippen molar-refractivity contribution in [1.82, 2.24) is 23.6 Å². The molecule has 0 radical (unpaired) electrons. The van der Waals surface area contributed by atoms with Gasteiger partial charge in [0.1, 0.15) is 6.54 Å². The van der Waals surface area contributed by atoms with E-state index >= 15 is 0 Å². The van der Waals surface area contributed by atoms with Gasteiger partial charge in [-0.1, -0.05) is 18.9 Å². The number of aryl methyl sites for hydroxylation is 1. The fourth-order valence-corrected chi connectivity index (χ4v) is 4.63. The molecule has 5 rings (SSSR count). The second-order valence-corrected chi connectivity index (χ2v) is 8.40. The highest BCUT2D eigenvalue weighted by molar-refractivity contribution is 5.79. The number of ether oxygens (including phenoxy) is 2. The van der Waals surface area contributed by atoms with Crippen molar-refractivity contribution in [3.8, 4) is 11.5 Å². The number of imidazole rings is 1. The van der Waals surface area contributed by atoms with Crippen molar-refractivity contribution in [3.63, 3.8) is 0 Å². The van der Waals surface area contributed by atoms with E-state index < -0.39 is 11.2 Å². The Kier molecular flexibility index (Phi) is 4.99. The largest absolute Gasteiger partial charge is 0.454 e. The van der Waals surface area contributed by atoms with Crippen LogP contribution in [0.15, 0.2) is 34.1 Å². The van der Waals surface area contributed by atoms with E-state index in [4.69, 9.17) is 9.47 Å². The van der Waals surface area contributed by atoms with E-state index in [9.17, 15) is 14.4 Å². The third-order valence-electron chi connectivity index (χ3n) is 6.40. The highest BCUT2D eigenvalue weighted by Gasteiger charge is 2.28. The molecule has 0 bridgehead atoms. The smallest absolute Gasteiger partial charge is 0.332 e. The summed E-state index contributed by atoms with van der Waals surface area (Å²) in [4.78, 5) is 44.5. The van der Waals surface area contributed by atoms with Gasteiger partial charge in [-0.15, -0.1) is 0 Å². The molecule has 3 heterocycles. The normalized spacial score (nSPS) is 15.6. The zero-order valence-corrected chi connectivity index (χ0v) is 18.1. The molecule has 10 nitrogen and oxygen atoms in total. The first kappa shape index (κ1) is 20.3. The average molecular weight is 439 g/mol. The first-order valence-electron chi connectivity index (χ1n) is 10.7. The average Bonchev–Trinajstić information content (AvgIpc) is 3.55. The Hall–Kier alpha value is -3.56. The van der Waals surface area contributed by atoms with Crippen LogP contribution in [0.5, 0.6) is 11.5 Å². The summed E-state index contributed by atoms with van der Waals surface area (Å²) in [5, 5.41) is 0. The summed E-state index contributed by atoms with van der Waals surface area (Å²) in [6.07, 6.45) is 5.55. The van der Waals surface area contributed by atoms with Gasteiger partial charge in [-0.2, -0.15) is 0 Å². The molecule has 1 amide bonds. The maximum absolute atomic E-state index is 13.5. The Morgan fingerprint density at radius 1 is 1.12 bits per heavy atom. The second kappa shape index (κ2) is 7.85. The third-order valence-corrected chi connectivity index (χ3v) is 6.40. The summed E-state index contributed by atoms with van der Waals surface area (Å²) in [6, 6.07) is 5.87. The predicted octanol–water partition coefficient (Wildman–Crippen LogP) is 1.13. The highest BCUT2D eigenvalue weighted by atomic mass is 16.7. The molecule has 3 aromatic rings. The van der Waals surface area contributed by atoms with E-state index in [2.05, 4.69) is 4.98 Å². The monoisotopic (exact) mass is 439 g/mol. The van der Waals surface area contributed by atoms with Gasteiger partial charge in [-0.25, -0.2) is 9.78 Å². The molecule has 0 N–H and O–H groups in total. The number of carbonyl (C=O) groups is 1. The molecule has 0 saturated heterocycles. The van der Waals surface area contributed by atoms with Gasteiger partial charge in [0.15, 0.2) is 22.7 Å². The van der Waals surface area contributed by atoms with Crippen LogP contribution >= 0.6 is 0 Å². The highest BCUT2D eigenvalue weighted by Crippen LogP contribution is 2.33. The molecule has 0 spiro atoms. The number of benzene rings is 1. The van der Waals surface area contributed by atoms with Crippen LogP contribution in [0.4, 0.5) is 0 Å². The molecule has 0 unspecified atom stereocenters. The maximum atomic E-state index is 13.5. The Balaban J connectivity index is 1.46. The number of hydrogen-bond acceptors (Lipinski definition) is 6. The molecule has 2 aromatic heterocycles. The minimum absolute atomic E-state index is 0.0228. The summed E-state index contributed by atoms with van der Waals surface area (Å²) in [5.41, 5.74) is 0.570. The van der Waals surface area contributed by atoms with Crippen molar-refractivity contribution in [3.05, 3.63) is 50.9 Å². The quantitative estimate of drug-likeness (QED) is 0.591.